The van der Waals surface area contributed by atoms with Gasteiger partial charge in [-0.25, -0.2) is 9.13 Å². The smallest absolute Gasteiger partial charge is 0.246 e. The average Bonchev–Trinajstić information content (AvgIpc) is 2.82. The van der Waals surface area contributed by atoms with E-state index in [1.165, 1.54) is 50.0 Å². The van der Waals surface area contributed by atoms with E-state index in [1.807, 2.05) is 0 Å². The number of hydrogen-bond acceptors (Lipinski definition) is 0. The van der Waals surface area contributed by atoms with Gasteiger partial charge in [0.05, 0.1) is 14.1 Å². The third kappa shape index (κ3) is 3.11. The van der Waals surface area contributed by atoms with Crippen LogP contribution < -0.4 is 21.2 Å². The molecule has 0 bridgehead atoms. The van der Waals surface area contributed by atoms with Crippen molar-refractivity contribution in [2.24, 2.45) is 14.1 Å². The van der Waals surface area contributed by atoms with Crippen molar-refractivity contribution in [2.45, 2.75) is 41.5 Å². The molecule has 134 valence electrons. The highest BCUT2D eigenvalue weighted by Crippen LogP contribution is 2.12. The van der Waals surface area contributed by atoms with Crippen LogP contribution in [0.1, 0.15) is 33.4 Å². The highest BCUT2D eigenvalue weighted by molar-refractivity contribution is 6.95. The lowest BCUT2D eigenvalue weighted by Gasteiger charge is -2.22. The molecule has 3 aromatic rings. The van der Waals surface area contributed by atoms with Gasteiger partial charge in [0.15, 0.2) is 0 Å². The Bertz CT molecular complexity index is 859. The van der Waals surface area contributed by atoms with Crippen molar-refractivity contribution in [3.05, 3.63) is 70.0 Å². The van der Waals surface area contributed by atoms with Crippen LogP contribution in [-0.2, 0) is 14.1 Å². The molecule has 0 unspecified atom stereocenters. The predicted octanol–water partition coefficient (Wildman–Crippen LogP) is 2.22. The monoisotopic (exact) mass is 345 g/mol. The fourth-order valence-electron chi connectivity index (χ4n) is 4.70. The quantitative estimate of drug-likeness (QED) is 0.508. The summed E-state index contributed by atoms with van der Waals surface area (Å²) in [4.78, 5) is 0. The van der Waals surface area contributed by atoms with E-state index in [1.54, 1.807) is 0 Å². The van der Waals surface area contributed by atoms with Crippen LogP contribution >= 0.6 is 0 Å². The number of aromatic nitrogens is 2. The SMILES string of the molecule is Cc1cc(C)c(B(c2c(C)cc(C)cc2C)c2n(C)cc[n+]2C)c(C)c1. The fraction of sp³-hybridized carbons (Fsp3) is 0.348. The summed E-state index contributed by atoms with van der Waals surface area (Å²) in [7, 11) is 4.31. The lowest BCUT2D eigenvalue weighted by molar-refractivity contribution is -0.653. The maximum atomic E-state index is 2.32. The zero-order valence-electron chi connectivity index (χ0n) is 17.4. The molecular weight excluding hydrogens is 315 g/mol. The van der Waals surface area contributed by atoms with Crippen molar-refractivity contribution >= 4 is 23.4 Å². The third-order valence-electron chi connectivity index (χ3n) is 5.55. The van der Waals surface area contributed by atoms with Gasteiger partial charge in [-0.1, -0.05) is 68.6 Å². The van der Waals surface area contributed by atoms with Gasteiger partial charge in [-0.3, -0.25) is 0 Å². The van der Waals surface area contributed by atoms with E-state index in [-0.39, 0.29) is 6.71 Å². The maximum Gasteiger partial charge on any atom is 0.350 e. The first-order valence-corrected chi connectivity index (χ1v) is 9.37. The Morgan fingerprint density at radius 3 is 1.42 bits per heavy atom. The molecule has 0 radical (unpaired) electrons. The highest BCUT2D eigenvalue weighted by atomic mass is 15.1. The number of rotatable bonds is 3. The number of benzene rings is 2. The Kier molecular flexibility index (Phi) is 4.83. The minimum absolute atomic E-state index is 0.223. The third-order valence-corrected chi connectivity index (χ3v) is 5.55. The van der Waals surface area contributed by atoms with Gasteiger partial charge in [0.25, 0.3) is 0 Å². The van der Waals surface area contributed by atoms with Crippen molar-refractivity contribution in [2.75, 3.05) is 0 Å². The summed E-state index contributed by atoms with van der Waals surface area (Å²) < 4.78 is 4.53. The normalized spacial score (nSPS) is 11.1. The van der Waals surface area contributed by atoms with E-state index in [4.69, 9.17) is 0 Å². The topological polar surface area (TPSA) is 8.81 Å². The molecule has 2 aromatic carbocycles. The van der Waals surface area contributed by atoms with Crippen LogP contribution in [0.5, 0.6) is 0 Å². The first-order chi connectivity index (χ1) is 12.2. The fourth-order valence-corrected chi connectivity index (χ4v) is 4.70. The Hall–Kier alpha value is -2.29. The zero-order chi connectivity index (χ0) is 19.2. The van der Waals surface area contributed by atoms with Crippen molar-refractivity contribution in [3.63, 3.8) is 0 Å². The maximum absolute atomic E-state index is 2.32. The molecule has 0 saturated heterocycles. The van der Waals surface area contributed by atoms with Gasteiger partial charge in [0.2, 0.25) is 5.72 Å². The molecule has 0 atom stereocenters. The van der Waals surface area contributed by atoms with Crippen LogP contribution in [0.2, 0.25) is 0 Å². The average molecular weight is 345 g/mol. The lowest BCUT2D eigenvalue weighted by atomic mass is 9.36. The summed E-state index contributed by atoms with van der Waals surface area (Å²) >= 11 is 0. The van der Waals surface area contributed by atoms with Gasteiger partial charge in [0.1, 0.15) is 12.4 Å². The number of nitrogens with zero attached hydrogens (tertiary/aromatic N) is 2. The molecule has 1 aromatic heterocycles. The van der Waals surface area contributed by atoms with Gasteiger partial charge in [0, 0.05) is 0 Å². The second-order valence-corrected chi connectivity index (χ2v) is 7.94. The second-order valence-electron chi connectivity index (χ2n) is 7.94. The predicted molar refractivity (Wildman–Crippen MR) is 113 cm³/mol. The van der Waals surface area contributed by atoms with Crippen molar-refractivity contribution in [1.29, 1.82) is 0 Å². The van der Waals surface area contributed by atoms with Gasteiger partial charge >= 0.3 is 6.71 Å². The summed E-state index contributed by atoms with van der Waals surface area (Å²) in [5, 5.41) is 0. The lowest BCUT2D eigenvalue weighted by Crippen LogP contribution is -2.67. The van der Waals surface area contributed by atoms with Crippen molar-refractivity contribution in [3.8, 4) is 0 Å². The van der Waals surface area contributed by atoms with Gasteiger partial charge < -0.3 is 0 Å². The molecule has 0 spiro atoms. The number of aryl methyl sites for hydroxylation is 8. The van der Waals surface area contributed by atoms with Gasteiger partial charge in [-0.05, 0) is 41.5 Å². The van der Waals surface area contributed by atoms with Crippen LogP contribution in [0, 0.1) is 41.5 Å². The Morgan fingerprint density at radius 1 is 0.731 bits per heavy atom. The molecule has 26 heavy (non-hydrogen) atoms. The largest absolute Gasteiger partial charge is 0.350 e. The molecule has 0 aliphatic rings. The molecule has 3 rings (SSSR count). The summed E-state index contributed by atoms with van der Waals surface area (Å²) in [6.07, 6.45) is 4.31. The second kappa shape index (κ2) is 6.79. The van der Waals surface area contributed by atoms with E-state index in [2.05, 4.69) is 101 Å². The molecule has 0 N–H and O–H groups in total. The first-order valence-electron chi connectivity index (χ1n) is 9.37. The Morgan fingerprint density at radius 2 is 1.12 bits per heavy atom. The summed E-state index contributed by atoms with van der Waals surface area (Å²) in [5.41, 5.74) is 12.3. The van der Waals surface area contributed by atoms with E-state index < -0.39 is 0 Å². The molecule has 2 nitrogen and oxygen atoms in total. The van der Waals surface area contributed by atoms with Crippen LogP contribution in [0.25, 0.3) is 0 Å². The first kappa shape index (κ1) is 18.5. The van der Waals surface area contributed by atoms with E-state index in [0.29, 0.717) is 0 Å². The number of hydrogen-bond donors (Lipinski definition) is 0. The molecule has 0 aliphatic heterocycles. The molecule has 0 aliphatic carbocycles. The van der Waals surface area contributed by atoms with Gasteiger partial charge in [-0.2, -0.15) is 0 Å². The minimum atomic E-state index is 0.223. The standard InChI is InChI=1S/C23H30BN2/c1-15-11-17(3)21(18(4)12-15)24(23-25(7)9-10-26(23)8)22-19(5)13-16(2)14-20(22)6/h9-14H,1-8H3/q+1. The van der Waals surface area contributed by atoms with E-state index >= 15 is 0 Å². The van der Waals surface area contributed by atoms with E-state index in [9.17, 15) is 0 Å². The minimum Gasteiger partial charge on any atom is -0.246 e. The van der Waals surface area contributed by atoms with Crippen LogP contribution in [0.3, 0.4) is 0 Å². The van der Waals surface area contributed by atoms with Crippen LogP contribution in [-0.4, -0.2) is 11.3 Å². The molecular formula is C23H30BN2+. The van der Waals surface area contributed by atoms with Crippen molar-refractivity contribution < 1.29 is 4.57 Å². The molecule has 1 heterocycles. The molecule has 0 saturated carbocycles. The molecule has 3 heteroatoms. The zero-order valence-corrected chi connectivity index (χ0v) is 17.4. The summed E-state index contributed by atoms with van der Waals surface area (Å²) in [6, 6.07) is 9.27. The van der Waals surface area contributed by atoms with E-state index in [0.717, 1.165) is 0 Å². The summed E-state index contributed by atoms with van der Waals surface area (Å²) in [6.45, 7) is 13.6. The highest BCUT2D eigenvalue weighted by Gasteiger charge is 2.37. The van der Waals surface area contributed by atoms with Gasteiger partial charge in [-0.15, -0.1) is 0 Å². The molecule has 0 fully saturated rings. The molecule has 0 amide bonds. The number of imidazole rings is 1. The Labute approximate surface area is 158 Å². The summed E-state index contributed by atoms with van der Waals surface area (Å²) in [5.74, 6) is 0. The van der Waals surface area contributed by atoms with Crippen molar-refractivity contribution in [1.82, 2.24) is 4.57 Å². The van der Waals surface area contributed by atoms with Crippen LogP contribution in [0.4, 0.5) is 0 Å². The Balaban J connectivity index is 2.41. The van der Waals surface area contributed by atoms with Crippen LogP contribution in [0.15, 0.2) is 36.7 Å².